The van der Waals surface area contributed by atoms with Gasteiger partial charge in [0.05, 0.1) is 11.7 Å². The minimum atomic E-state index is -0.338. The molecule has 0 saturated heterocycles. The third-order valence-electron chi connectivity index (χ3n) is 4.11. The van der Waals surface area contributed by atoms with Crippen LogP contribution in [0.4, 0.5) is 4.39 Å². The standard InChI is InChI=1S/C16H20FN3/c1-11-19-15-8-4-5-9-16(15)20(11)10-14(18)12-6-2-3-7-13(12)17/h2-3,6-7,14H,4-5,8-10,18H2,1H3. The molecule has 0 bridgehead atoms. The predicted molar refractivity (Wildman–Crippen MR) is 76.9 cm³/mol. The Morgan fingerprint density at radius 3 is 2.85 bits per heavy atom. The van der Waals surface area contributed by atoms with Crippen molar-refractivity contribution in [1.82, 2.24) is 9.55 Å². The van der Waals surface area contributed by atoms with Gasteiger partial charge in [-0.2, -0.15) is 0 Å². The van der Waals surface area contributed by atoms with Gasteiger partial charge in [0.2, 0.25) is 0 Å². The fraction of sp³-hybridized carbons (Fsp3) is 0.438. The average molecular weight is 273 g/mol. The maximum Gasteiger partial charge on any atom is 0.128 e. The van der Waals surface area contributed by atoms with Crippen molar-refractivity contribution in [1.29, 1.82) is 0 Å². The van der Waals surface area contributed by atoms with Crippen molar-refractivity contribution in [3.63, 3.8) is 0 Å². The van der Waals surface area contributed by atoms with Crippen LogP contribution in [-0.2, 0) is 19.4 Å². The number of rotatable bonds is 3. The Hall–Kier alpha value is -1.68. The Kier molecular flexibility index (Phi) is 3.57. The first-order valence-corrected chi connectivity index (χ1v) is 7.21. The number of nitrogens with two attached hydrogens (primary N) is 1. The lowest BCUT2D eigenvalue weighted by Crippen LogP contribution is -2.21. The minimum Gasteiger partial charge on any atom is -0.330 e. The molecule has 2 aromatic rings. The van der Waals surface area contributed by atoms with E-state index in [2.05, 4.69) is 9.55 Å². The van der Waals surface area contributed by atoms with Gasteiger partial charge in [0.15, 0.2) is 0 Å². The molecule has 3 nitrogen and oxygen atoms in total. The van der Waals surface area contributed by atoms with Gasteiger partial charge in [-0.25, -0.2) is 9.37 Å². The number of aromatic nitrogens is 2. The molecule has 20 heavy (non-hydrogen) atoms. The highest BCUT2D eigenvalue weighted by Crippen LogP contribution is 2.24. The van der Waals surface area contributed by atoms with Crippen LogP contribution < -0.4 is 5.73 Å². The van der Waals surface area contributed by atoms with E-state index < -0.39 is 0 Å². The lowest BCUT2D eigenvalue weighted by Gasteiger charge is -2.19. The highest BCUT2D eigenvalue weighted by molar-refractivity contribution is 5.23. The molecule has 1 atom stereocenters. The predicted octanol–water partition coefficient (Wildman–Crippen LogP) is 2.91. The molecular weight excluding hydrogens is 253 g/mol. The van der Waals surface area contributed by atoms with E-state index in [4.69, 9.17) is 5.73 Å². The molecular formula is C16H20FN3. The van der Waals surface area contributed by atoms with Gasteiger partial charge in [0.1, 0.15) is 11.6 Å². The highest BCUT2D eigenvalue weighted by Gasteiger charge is 2.20. The lowest BCUT2D eigenvalue weighted by molar-refractivity contribution is 0.507. The van der Waals surface area contributed by atoms with Gasteiger partial charge in [-0.05, 0) is 38.7 Å². The van der Waals surface area contributed by atoms with Crippen LogP contribution in [0, 0.1) is 12.7 Å². The van der Waals surface area contributed by atoms with Gasteiger partial charge >= 0.3 is 0 Å². The van der Waals surface area contributed by atoms with E-state index in [0.29, 0.717) is 12.1 Å². The van der Waals surface area contributed by atoms with E-state index in [1.165, 1.54) is 30.3 Å². The molecule has 0 aliphatic heterocycles. The molecule has 1 heterocycles. The molecule has 0 fully saturated rings. The van der Waals surface area contributed by atoms with Gasteiger partial charge in [0.25, 0.3) is 0 Å². The molecule has 1 aliphatic rings. The van der Waals surface area contributed by atoms with Crippen LogP contribution in [0.3, 0.4) is 0 Å². The zero-order valence-corrected chi connectivity index (χ0v) is 11.8. The number of hydrogen-bond acceptors (Lipinski definition) is 2. The molecule has 106 valence electrons. The van der Waals surface area contributed by atoms with E-state index in [1.807, 2.05) is 13.0 Å². The largest absolute Gasteiger partial charge is 0.330 e. The van der Waals surface area contributed by atoms with Crippen LogP contribution in [-0.4, -0.2) is 9.55 Å². The lowest BCUT2D eigenvalue weighted by atomic mass is 10.0. The molecule has 4 heteroatoms. The first-order chi connectivity index (χ1) is 9.66. The quantitative estimate of drug-likeness (QED) is 0.934. The van der Waals surface area contributed by atoms with Crippen LogP contribution in [0.5, 0.6) is 0 Å². The summed E-state index contributed by atoms with van der Waals surface area (Å²) in [5.41, 5.74) is 9.27. The second-order valence-electron chi connectivity index (χ2n) is 5.50. The molecule has 0 amide bonds. The SMILES string of the molecule is Cc1nc2c(n1CC(N)c1ccccc1F)CCCC2. The summed E-state index contributed by atoms with van der Waals surface area (Å²) in [4.78, 5) is 4.63. The number of hydrogen-bond donors (Lipinski definition) is 1. The average Bonchev–Trinajstić information content (AvgIpc) is 2.76. The molecule has 3 rings (SSSR count). The van der Waals surface area contributed by atoms with Crippen LogP contribution in [0.1, 0.15) is 41.7 Å². The molecule has 1 unspecified atom stereocenters. The minimum absolute atomic E-state index is 0.230. The van der Waals surface area contributed by atoms with Crippen molar-refractivity contribution in [3.05, 3.63) is 52.9 Å². The fourth-order valence-electron chi connectivity index (χ4n) is 3.05. The fourth-order valence-corrected chi connectivity index (χ4v) is 3.05. The monoisotopic (exact) mass is 273 g/mol. The Morgan fingerprint density at radius 2 is 2.05 bits per heavy atom. The zero-order chi connectivity index (χ0) is 14.1. The second-order valence-corrected chi connectivity index (χ2v) is 5.50. The van der Waals surface area contributed by atoms with Crippen molar-refractivity contribution < 1.29 is 4.39 Å². The van der Waals surface area contributed by atoms with Gasteiger partial charge in [-0.1, -0.05) is 18.2 Å². The molecule has 0 spiro atoms. The second kappa shape index (κ2) is 5.37. The van der Waals surface area contributed by atoms with Crippen molar-refractivity contribution in [2.75, 3.05) is 0 Å². The molecule has 1 aliphatic carbocycles. The summed E-state index contributed by atoms with van der Waals surface area (Å²) in [5, 5.41) is 0. The maximum atomic E-state index is 13.8. The molecule has 0 saturated carbocycles. The Bertz CT molecular complexity index is 618. The molecule has 1 aromatic heterocycles. The Morgan fingerprint density at radius 1 is 1.30 bits per heavy atom. The third kappa shape index (κ3) is 2.36. The number of fused-ring (bicyclic) bond motifs is 1. The smallest absolute Gasteiger partial charge is 0.128 e. The first kappa shape index (κ1) is 13.3. The zero-order valence-electron chi connectivity index (χ0n) is 11.8. The Balaban J connectivity index is 1.88. The summed E-state index contributed by atoms with van der Waals surface area (Å²) < 4.78 is 16.0. The maximum absolute atomic E-state index is 13.8. The highest BCUT2D eigenvalue weighted by atomic mass is 19.1. The summed E-state index contributed by atoms with van der Waals surface area (Å²) in [7, 11) is 0. The van der Waals surface area contributed by atoms with E-state index in [0.717, 1.165) is 18.7 Å². The number of imidazole rings is 1. The topological polar surface area (TPSA) is 43.8 Å². The van der Waals surface area contributed by atoms with Gasteiger partial charge in [0, 0.05) is 17.8 Å². The normalized spacial score (nSPS) is 15.9. The number of benzene rings is 1. The van der Waals surface area contributed by atoms with Gasteiger partial charge < -0.3 is 10.3 Å². The van der Waals surface area contributed by atoms with E-state index >= 15 is 0 Å². The van der Waals surface area contributed by atoms with Crippen LogP contribution >= 0.6 is 0 Å². The van der Waals surface area contributed by atoms with Crippen LogP contribution in [0.25, 0.3) is 0 Å². The first-order valence-electron chi connectivity index (χ1n) is 7.21. The van der Waals surface area contributed by atoms with Crippen molar-refractivity contribution >= 4 is 0 Å². The van der Waals surface area contributed by atoms with Crippen LogP contribution in [0.2, 0.25) is 0 Å². The third-order valence-corrected chi connectivity index (χ3v) is 4.11. The Labute approximate surface area is 118 Å². The summed E-state index contributed by atoms with van der Waals surface area (Å²) in [6, 6.07) is 6.41. The van der Waals surface area contributed by atoms with Gasteiger partial charge in [-0.15, -0.1) is 0 Å². The van der Waals surface area contributed by atoms with Crippen molar-refractivity contribution in [2.45, 2.75) is 45.2 Å². The number of nitrogens with zero attached hydrogens (tertiary/aromatic N) is 2. The van der Waals surface area contributed by atoms with Gasteiger partial charge in [-0.3, -0.25) is 0 Å². The van der Waals surface area contributed by atoms with Crippen molar-refractivity contribution in [3.8, 4) is 0 Å². The molecule has 1 aromatic carbocycles. The number of aryl methyl sites for hydroxylation is 2. The summed E-state index contributed by atoms with van der Waals surface area (Å²) in [6.45, 7) is 2.60. The van der Waals surface area contributed by atoms with E-state index in [9.17, 15) is 4.39 Å². The summed E-state index contributed by atoms with van der Waals surface area (Å²) in [5.74, 6) is 0.760. The molecule has 0 radical (unpaired) electrons. The van der Waals surface area contributed by atoms with E-state index in [-0.39, 0.29) is 11.9 Å². The van der Waals surface area contributed by atoms with Crippen LogP contribution in [0.15, 0.2) is 24.3 Å². The number of halogens is 1. The summed E-state index contributed by atoms with van der Waals surface area (Å²) in [6.07, 6.45) is 4.52. The van der Waals surface area contributed by atoms with Crippen molar-refractivity contribution in [2.24, 2.45) is 5.73 Å². The molecule has 2 N–H and O–H groups in total. The summed E-state index contributed by atoms with van der Waals surface area (Å²) >= 11 is 0. The van der Waals surface area contributed by atoms with E-state index in [1.54, 1.807) is 12.1 Å².